The zero-order valence-corrected chi connectivity index (χ0v) is 5.92. The summed E-state index contributed by atoms with van der Waals surface area (Å²) in [4.78, 5) is 21.6. The molecule has 0 amide bonds. The third-order valence-electron chi connectivity index (χ3n) is 0. The van der Waals surface area contributed by atoms with Gasteiger partial charge in [0.2, 0.25) is 0 Å². The molecule has 0 aliphatic rings. The van der Waals surface area contributed by atoms with Crippen LogP contribution in [0.25, 0.3) is 0 Å². The fourth-order valence-electron chi connectivity index (χ4n) is 0. The molecule has 0 rings (SSSR count). The molecule has 0 bridgehead atoms. The monoisotopic (exact) mass is 157 g/mol. The van der Waals surface area contributed by atoms with E-state index in [9.17, 15) is 0 Å². The Morgan fingerprint density at radius 3 is 1.12 bits per heavy atom. The maximum atomic E-state index is 8.88. The van der Waals surface area contributed by atoms with Gasteiger partial charge < -0.3 is 20.8 Å². The summed E-state index contributed by atoms with van der Waals surface area (Å²) in [5.41, 5.74) is 0. The molecule has 8 heteroatoms. The zero-order valence-electron chi connectivity index (χ0n) is 3.61. The molecule has 50 valence electrons. The Labute approximate surface area is 62.5 Å². The van der Waals surface area contributed by atoms with Crippen LogP contribution in [-0.2, 0) is 4.57 Å². The molecule has 0 saturated carbocycles. The Balaban J connectivity index is -0.0000000267. The molecule has 0 fully saturated rings. The minimum absolute atomic E-state index is 0. The Bertz CT molecular complexity index is 60.2. The molecule has 0 aliphatic carbocycles. The van der Waals surface area contributed by atoms with Crippen LogP contribution < -0.4 is 6.15 Å². The van der Waals surface area contributed by atoms with Gasteiger partial charge in [0.15, 0.2) is 0 Å². The van der Waals surface area contributed by atoms with Crippen molar-refractivity contribution in [2.45, 2.75) is 0 Å². The van der Waals surface area contributed by atoms with Gasteiger partial charge in [-0.25, -0.2) is 4.57 Å². The summed E-state index contributed by atoms with van der Waals surface area (Å²) in [6.45, 7) is 0. The second-order valence-corrected chi connectivity index (χ2v) is 1.54. The van der Waals surface area contributed by atoms with Crippen molar-refractivity contribution in [1.82, 2.24) is 6.15 Å². The first-order chi connectivity index (χ1) is 2.00. The predicted molar refractivity (Wildman–Crippen MR) is 37.5 cm³/mol. The van der Waals surface area contributed by atoms with Crippen molar-refractivity contribution in [3.63, 3.8) is 0 Å². The molecule has 5 nitrogen and oxygen atoms in total. The number of rotatable bonds is 0. The van der Waals surface area contributed by atoms with Crippen molar-refractivity contribution in [3.05, 3.63) is 0 Å². The summed E-state index contributed by atoms with van der Waals surface area (Å²) in [6.07, 6.45) is 0. The van der Waals surface area contributed by atoms with E-state index >= 15 is 0 Å². The maximum absolute atomic E-state index is 8.88. The van der Waals surface area contributed by atoms with Crippen LogP contribution in [0.1, 0.15) is 0 Å². The normalized spacial score (nSPS) is 7.38. The molecule has 0 aliphatic heterocycles. The van der Waals surface area contributed by atoms with E-state index in [2.05, 4.69) is 0 Å². The standard InChI is InChI=1S/Li.H3N.H3O4P.H3P.H/c;;1-5(2,3)4;;/h;1H3;(H3,1,2,3,4);1H3;. The van der Waals surface area contributed by atoms with E-state index in [1.807, 2.05) is 0 Å². The Hall–Kier alpha value is 1.10. The van der Waals surface area contributed by atoms with Gasteiger partial charge in [-0.1, -0.05) is 0 Å². The summed E-state index contributed by atoms with van der Waals surface area (Å²) >= 11 is 0. The first kappa shape index (κ1) is 23.0. The number of phosphoric acid groups is 1. The first-order valence-corrected chi connectivity index (χ1v) is 2.35. The molecule has 6 N–H and O–H groups in total. The molecule has 0 saturated heterocycles. The van der Waals surface area contributed by atoms with Crippen molar-refractivity contribution in [1.29, 1.82) is 0 Å². The van der Waals surface area contributed by atoms with Crippen molar-refractivity contribution < 1.29 is 19.2 Å². The Morgan fingerprint density at radius 1 is 1.12 bits per heavy atom. The summed E-state index contributed by atoms with van der Waals surface area (Å²) in [5, 5.41) is 0. The van der Waals surface area contributed by atoms with E-state index in [-0.39, 0.29) is 34.9 Å². The Kier molecular flexibility index (Phi) is 23.2. The van der Waals surface area contributed by atoms with Gasteiger partial charge in [-0.3, -0.25) is 0 Å². The van der Waals surface area contributed by atoms with Crippen molar-refractivity contribution in [2.75, 3.05) is 0 Å². The molecule has 8 heavy (non-hydrogen) atoms. The van der Waals surface area contributed by atoms with Crippen molar-refractivity contribution in [2.24, 2.45) is 0 Å². The second kappa shape index (κ2) is 8.10. The van der Waals surface area contributed by atoms with E-state index in [0.29, 0.717) is 0 Å². The zero-order chi connectivity index (χ0) is 4.50. The van der Waals surface area contributed by atoms with Crippen LogP contribution in [-0.4, -0.2) is 33.5 Å². The molecule has 0 aromatic rings. The van der Waals surface area contributed by atoms with Crippen molar-refractivity contribution in [3.8, 4) is 0 Å². The van der Waals surface area contributed by atoms with Crippen LogP contribution >= 0.6 is 17.7 Å². The SMILES string of the molecule is N.O=P(O)(O)O.P.[LiH]. The van der Waals surface area contributed by atoms with Crippen LogP contribution in [0.5, 0.6) is 0 Å². The van der Waals surface area contributed by atoms with E-state index < -0.39 is 7.82 Å². The number of hydrogen-bond acceptors (Lipinski definition) is 2. The molecule has 0 aromatic heterocycles. The van der Waals surface area contributed by atoms with Gasteiger partial charge in [-0.05, 0) is 0 Å². The first-order valence-electron chi connectivity index (χ1n) is 0.783. The quantitative estimate of drug-likeness (QED) is 0.256. The van der Waals surface area contributed by atoms with Crippen LogP contribution in [0, 0.1) is 0 Å². The van der Waals surface area contributed by atoms with Gasteiger partial charge in [0.25, 0.3) is 0 Å². The average Bonchev–Trinajstić information content (AvgIpc) is 0.722. The molecule has 0 spiro atoms. The third-order valence-corrected chi connectivity index (χ3v) is 0. The van der Waals surface area contributed by atoms with Gasteiger partial charge in [-0.15, -0.1) is 0 Å². The van der Waals surface area contributed by atoms with E-state index in [1.54, 1.807) is 0 Å². The summed E-state index contributed by atoms with van der Waals surface area (Å²) in [6, 6.07) is 0. The van der Waals surface area contributed by atoms with Crippen LogP contribution in [0.15, 0.2) is 0 Å². The molecule has 1 atom stereocenters. The molecule has 0 aromatic carbocycles. The third kappa shape index (κ3) is 219. The fourth-order valence-corrected chi connectivity index (χ4v) is 0. The summed E-state index contributed by atoms with van der Waals surface area (Å²) < 4.78 is 8.88. The van der Waals surface area contributed by atoms with E-state index in [1.165, 1.54) is 0 Å². The summed E-state index contributed by atoms with van der Waals surface area (Å²) in [7, 11) is -4.64. The summed E-state index contributed by atoms with van der Waals surface area (Å²) in [5.74, 6) is 0. The van der Waals surface area contributed by atoms with E-state index in [4.69, 9.17) is 19.2 Å². The molecular formula is H10LiNO4P2. The predicted octanol–water partition coefficient (Wildman–Crippen LogP) is -1.36. The van der Waals surface area contributed by atoms with Gasteiger partial charge in [0.1, 0.15) is 0 Å². The molecular weight excluding hydrogens is 147 g/mol. The molecule has 0 heterocycles. The van der Waals surface area contributed by atoms with Crippen LogP contribution in [0.4, 0.5) is 0 Å². The molecule has 1 unspecified atom stereocenters. The average molecular weight is 157 g/mol. The minimum atomic E-state index is -4.64. The fraction of sp³-hybridized carbons (Fsp3) is 0. The topological polar surface area (TPSA) is 113 Å². The second-order valence-electron chi connectivity index (χ2n) is 0.513. The van der Waals surface area contributed by atoms with Gasteiger partial charge >= 0.3 is 26.7 Å². The van der Waals surface area contributed by atoms with Crippen LogP contribution in [0.3, 0.4) is 0 Å². The Morgan fingerprint density at radius 2 is 1.12 bits per heavy atom. The number of hydrogen-bond donors (Lipinski definition) is 4. The van der Waals surface area contributed by atoms with Gasteiger partial charge in [0, 0.05) is 0 Å². The van der Waals surface area contributed by atoms with E-state index in [0.717, 1.165) is 0 Å². The van der Waals surface area contributed by atoms with Gasteiger partial charge in [0.05, 0.1) is 0 Å². The molecule has 0 radical (unpaired) electrons. The van der Waals surface area contributed by atoms with Crippen LogP contribution in [0.2, 0.25) is 0 Å². The van der Waals surface area contributed by atoms with Crippen molar-refractivity contribution >= 4 is 36.6 Å². The van der Waals surface area contributed by atoms with Gasteiger partial charge in [-0.2, -0.15) is 9.90 Å².